The molecule has 112 valence electrons. The second-order valence-electron chi connectivity index (χ2n) is 5.47. The fourth-order valence-electron chi connectivity index (χ4n) is 2.22. The standard InChI is InChI=1S/C16H21N3O2/c1-11-5-6-14(12(2)7-11)9-19(4)10-16(20)17-15-8-13(3)21-18-15/h5-8H,9-10H2,1-4H3,(H,17,18,20). The Bertz CT molecular complexity index is 634. The van der Waals surface area contributed by atoms with Crippen molar-refractivity contribution in [1.82, 2.24) is 10.1 Å². The molecule has 0 radical (unpaired) electrons. The van der Waals surface area contributed by atoms with Crippen LogP contribution in [0, 0.1) is 20.8 Å². The minimum atomic E-state index is -0.101. The maximum absolute atomic E-state index is 11.9. The van der Waals surface area contributed by atoms with Gasteiger partial charge in [0.1, 0.15) is 5.76 Å². The Labute approximate surface area is 124 Å². The topological polar surface area (TPSA) is 58.4 Å². The highest BCUT2D eigenvalue weighted by Crippen LogP contribution is 2.12. The highest BCUT2D eigenvalue weighted by molar-refractivity contribution is 5.91. The quantitative estimate of drug-likeness (QED) is 0.918. The fraction of sp³-hybridized carbons (Fsp3) is 0.375. The first-order valence-corrected chi connectivity index (χ1v) is 6.92. The third-order valence-electron chi connectivity index (χ3n) is 3.25. The smallest absolute Gasteiger partial charge is 0.239 e. The van der Waals surface area contributed by atoms with E-state index in [2.05, 4.69) is 42.5 Å². The zero-order valence-corrected chi connectivity index (χ0v) is 12.9. The average molecular weight is 287 g/mol. The predicted molar refractivity (Wildman–Crippen MR) is 82.1 cm³/mol. The molecular weight excluding hydrogens is 266 g/mol. The number of benzene rings is 1. The fourth-order valence-corrected chi connectivity index (χ4v) is 2.22. The van der Waals surface area contributed by atoms with Gasteiger partial charge >= 0.3 is 0 Å². The lowest BCUT2D eigenvalue weighted by Gasteiger charge is -2.17. The van der Waals surface area contributed by atoms with Gasteiger partial charge in [0.05, 0.1) is 6.54 Å². The van der Waals surface area contributed by atoms with E-state index in [1.807, 2.05) is 11.9 Å². The molecule has 1 aromatic carbocycles. The van der Waals surface area contributed by atoms with Gasteiger partial charge in [0.15, 0.2) is 5.82 Å². The summed E-state index contributed by atoms with van der Waals surface area (Å²) < 4.78 is 4.91. The van der Waals surface area contributed by atoms with E-state index in [9.17, 15) is 4.79 Å². The van der Waals surface area contributed by atoms with Crippen LogP contribution in [-0.4, -0.2) is 29.6 Å². The van der Waals surface area contributed by atoms with Gasteiger partial charge in [-0.1, -0.05) is 28.9 Å². The molecule has 0 aliphatic rings. The van der Waals surface area contributed by atoms with E-state index in [1.54, 1.807) is 13.0 Å². The molecule has 0 spiro atoms. The molecule has 0 unspecified atom stereocenters. The van der Waals surface area contributed by atoms with Crippen molar-refractivity contribution in [3.05, 3.63) is 46.7 Å². The molecule has 1 aromatic heterocycles. The summed E-state index contributed by atoms with van der Waals surface area (Å²) in [4.78, 5) is 13.9. The van der Waals surface area contributed by atoms with Crippen LogP contribution in [-0.2, 0) is 11.3 Å². The maximum Gasteiger partial charge on any atom is 0.239 e. The van der Waals surface area contributed by atoms with Crippen LogP contribution in [0.15, 0.2) is 28.8 Å². The maximum atomic E-state index is 11.9. The molecule has 2 aromatic rings. The number of aryl methyl sites for hydroxylation is 3. The highest BCUT2D eigenvalue weighted by Gasteiger charge is 2.10. The van der Waals surface area contributed by atoms with E-state index in [0.717, 1.165) is 6.54 Å². The molecule has 5 heteroatoms. The lowest BCUT2D eigenvalue weighted by Crippen LogP contribution is -2.30. The summed E-state index contributed by atoms with van der Waals surface area (Å²) in [5.74, 6) is 1.03. The number of nitrogens with zero attached hydrogens (tertiary/aromatic N) is 2. The Morgan fingerprint density at radius 3 is 2.67 bits per heavy atom. The predicted octanol–water partition coefficient (Wildman–Crippen LogP) is 2.67. The van der Waals surface area contributed by atoms with Crippen molar-refractivity contribution >= 4 is 11.7 Å². The number of carbonyl (C=O) groups is 1. The van der Waals surface area contributed by atoms with Crippen LogP contribution in [0.1, 0.15) is 22.5 Å². The Hall–Kier alpha value is -2.14. The van der Waals surface area contributed by atoms with Crippen molar-refractivity contribution in [3.8, 4) is 0 Å². The summed E-state index contributed by atoms with van der Waals surface area (Å²) in [6, 6.07) is 8.05. The van der Waals surface area contributed by atoms with Crippen molar-refractivity contribution in [2.45, 2.75) is 27.3 Å². The first-order chi connectivity index (χ1) is 9.94. The number of carbonyl (C=O) groups excluding carboxylic acids is 1. The number of rotatable bonds is 5. The Kier molecular flexibility index (Phi) is 4.75. The molecule has 0 atom stereocenters. The Morgan fingerprint density at radius 2 is 2.05 bits per heavy atom. The van der Waals surface area contributed by atoms with Crippen LogP contribution in [0.5, 0.6) is 0 Å². The van der Waals surface area contributed by atoms with E-state index in [-0.39, 0.29) is 5.91 Å². The van der Waals surface area contributed by atoms with Gasteiger partial charge in [-0.15, -0.1) is 0 Å². The lowest BCUT2D eigenvalue weighted by molar-refractivity contribution is -0.117. The highest BCUT2D eigenvalue weighted by atomic mass is 16.5. The van der Waals surface area contributed by atoms with E-state index in [4.69, 9.17) is 4.52 Å². The molecule has 0 fully saturated rings. The molecule has 1 heterocycles. The lowest BCUT2D eigenvalue weighted by atomic mass is 10.1. The third-order valence-corrected chi connectivity index (χ3v) is 3.25. The molecular formula is C16H21N3O2. The monoisotopic (exact) mass is 287 g/mol. The summed E-state index contributed by atoms with van der Waals surface area (Å²) in [5.41, 5.74) is 3.72. The van der Waals surface area contributed by atoms with Gasteiger partial charge in [-0.05, 0) is 38.9 Å². The van der Waals surface area contributed by atoms with Crippen molar-refractivity contribution in [3.63, 3.8) is 0 Å². The normalized spacial score (nSPS) is 10.9. The van der Waals surface area contributed by atoms with Gasteiger partial charge in [0.2, 0.25) is 5.91 Å². The zero-order valence-electron chi connectivity index (χ0n) is 12.9. The molecule has 1 amide bonds. The van der Waals surface area contributed by atoms with Crippen LogP contribution >= 0.6 is 0 Å². The molecule has 0 bridgehead atoms. The van der Waals surface area contributed by atoms with Crippen molar-refractivity contribution < 1.29 is 9.32 Å². The number of hydrogen-bond acceptors (Lipinski definition) is 4. The molecule has 5 nitrogen and oxygen atoms in total. The molecule has 0 aliphatic heterocycles. The van der Waals surface area contributed by atoms with Gasteiger partial charge in [0.25, 0.3) is 0 Å². The van der Waals surface area contributed by atoms with Crippen molar-refractivity contribution in [2.75, 3.05) is 18.9 Å². The minimum absolute atomic E-state index is 0.101. The largest absolute Gasteiger partial charge is 0.360 e. The van der Waals surface area contributed by atoms with Crippen LogP contribution in [0.3, 0.4) is 0 Å². The Morgan fingerprint density at radius 1 is 1.29 bits per heavy atom. The van der Waals surface area contributed by atoms with Gasteiger partial charge in [-0.25, -0.2) is 0 Å². The SMILES string of the molecule is Cc1ccc(CN(C)CC(=O)Nc2cc(C)on2)c(C)c1. The van der Waals surface area contributed by atoms with Gasteiger partial charge in [0, 0.05) is 12.6 Å². The molecule has 21 heavy (non-hydrogen) atoms. The number of nitrogens with one attached hydrogen (secondary N) is 1. The van der Waals surface area contributed by atoms with E-state index in [1.165, 1.54) is 16.7 Å². The zero-order chi connectivity index (χ0) is 15.4. The van der Waals surface area contributed by atoms with E-state index < -0.39 is 0 Å². The van der Waals surface area contributed by atoms with Crippen LogP contribution in [0.4, 0.5) is 5.82 Å². The molecule has 2 rings (SSSR count). The average Bonchev–Trinajstić information content (AvgIpc) is 2.78. The first-order valence-electron chi connectivity index (χ1n) is 6.92. The second kappa shape index (κ2) is 6.54. The number of hydrogen-bond donors (Lipinski definition) is 1. The van der Waals surface area contributed by atoms with Gasteiger partial charge in [-0.3, -0.25) is 9.69 Å². The number of likely N-dealkylation sites (N-methyl/N-ethyl adjacent to an activating group) is 1. The molecule has 0 aliphatic carbocycles. The summed E-state index contributed by atoms with van der Waals surface area (Å²) in [7, 11) is 1.92. The first kappa shape index (κ1) is 15.3. The van der Waals surface area contributed by atoms with Crippen LogP contribution < -0.4 is 5.32 Å². The minimum Gasteiger partial charge on any atom is -0.360 e. The summed E-state index contributed by atoms with van der Waals surface area (Å²) in [6.07, 6.45) is 0. The van der Waals surface area contributed by atoms with E-state index in [0.29, 0.717) is 18.1 Å². The summed E-state index contributed by atoms with van der Waals surface area (Å²) >= 11 is 0. The third kappa shape index (κ3) is 4.43. The molecule has 0 saturated heterocycles. The second-order valence-corrected chi connectivity index (χ2v) is 5.47. The molecule has 0 saturated carbocycles. The number of anilines is 1. The van der Waals surface area contributed by atoms with Crippen molar-refractivity contribution in [2.24, 2.45) is 0 Å². The van der Waals surface area contributed by atoms with Crippen molar-refractivity contribution in [1.29, 1.82) is 0 Å². The molecule has 1 N–H and O–H groups in total. The Balaban J connectivity index is 1.89. The summed E-state index contributed by atoms with van der Waals surface area (Å²) in [5, 5.41) is 6.46. The van der Waals surface area contributed by atoms with Crippen LogP contribution in [0.25, 0.3) is 0 Å². The summed E-state index contributed by atoms with van der Waals surface area (Å²) in [6.45, 7) is 6.99. The van der Waals surface area contributed by atoms with Gasteiger partial charge in [-0.2, -0.15) is 0 Å². The number of aromatic nitrogens is 1. The van der Waals surface area contributed by atoms with Gasteiger partial charge < -0.3 is 9.84 Å². The van der Waals surface area contributed by atoms with Crippen LogP contribution in [0.2, 0.25) is 0 Å². The van der Waals surface area contributed by atoms with E-state index >= 15 is 0 Å². The number of amides is 1.